The molecule has 3 heteroatoms. The highest BCUT2D eigenvalue weighted by molar-refractivity contribution is 5.26. The number of rotatable bonds is 11. The van der Waals surface area contributed by atoms with Crippen LogP contribution in [0.5, 0.6) is 5.75 Å². The maximum absolute atomic E-state index is 10.4. The standard InChI is InChI=1S/C21H35NO2/c1-5-16(2)14-17(3)8-6-7-9-21(24)20(22-4)15-18-10-12-19(23)13-11-18/h6,8,10-13,16-17,20-24H,5,7,9,14-15H2,1-4H3/t16-,17+,20+,21-/m1/s1. The molecule has 0 unspecified atom stereocenters. The molecule has 0 bridgehead atoms. The van der Waals surface area contributed by atoms with E-state index < -0.39 is 0 Å². The molecule has 4 atom stereocenters. The molecular weight excluding hydrogens is 298 g/mol. The van der Waals surface area contributed by atoms with E-state index in [1.165, 1.54) is 12.8 Å². The first kappa shape index (κ1) is 20.7. The smallest absolute Gasteiger partial charge is 0.115 e. The SMILES string of the molecule is CC[C@@H](C)C[C@@H](C)C=CCC[C@@H](O)[C@H](Cc1ccc(O)cc1)NC. The van der Waals surface area contributed by atoms with Gasteiger partial charge in [-0.3, -0.25) is 0 Å². The molecule has 0 amide bonds. The number of phenols is 1. The number of aliphatic hydroxyl groups excluding tert-OH is 1. The van der Waals surface area contributed by atoms with E-state index in [2.05, 4.69) is 38.2 Å². The van der Waals surface area contributed by atoms with Gasteiger partial charge in [0.1, 0.15) is 5.75 Å². The number of hydrogen-bond donors (Lipinski definition) is 3. The molecule has 24 heavy (non-hydrogen) atoms. The molecule has 136 valence electrons. The van der Waals surface area contributed by atoms with Gasteiger partial charge in [-0.2, -0.15) is 0 Å². The summed E-state index contributed by atoms with van der Waals surface area (Å²) in [6, 6.07) is 7.22. The van der Waals surface area contributed by atoms with Crippen LogP contribution in [0.15, 0.2) is 36.4 Å². The molecule has 0 aromatic heterocycles. The second-order valence-electron chi connectivity index (χ2n) is 7.06. The van der Waals surface area contributed by atoms with Crippen molar-refractivity contribution < 1.29 is 10.2 Å². The summed E-state index contributed by atoms with van der Waals surface area (Å²) in [5.41, 5.74) is 1.11. The second-order valence-corrected chi connectivity index (χ2v) is 7.06. The largest absolute Gasteiger partial charge is 0.508 e. The van der Waals surface area contributed by atoms with Crippen LogP contribution in [0.2, 0.25) is 0 Å². The van der Waals surface area contributed by atoms with E-state index >= 15 is 0 Å². The summed E-state index contributed by atoms with van der Waals surface area (Å²) in [6.45, 7) is 6.80. The van der Waals surface area contributed by atoms with Crippen molar-refractivity contribution in [2.24, 2.45) is 11.8 Å². The normalized spacial score (nSPS) is 16.9. The quantitative estimate of drug-likeness (QED) is 0.529. The van der Waals surface area contributed by atoms with Crippen LogP contribution in [0.1, 0.15) is 52.0 Å². The topological polar surface area (TPSA) is 52.5 Å². The van der Waals surface area contributed by atoms with E-state index in [4.69, 9.17) is 0 Å². The van der Waals surface area contributed by atoms with E-state index in [-0.39, 0.29) is 17.9 Å². The minimum atomic E-state index is -0.377. The summed E-state index contributed by atoms with van der Waals surface area (Å²) in [7, 11) is 1.89. The fourth-order valence-corrected chi connectivity index (χ4v) is 2.99. The van der Waals surface area contributed by atoms with Crippen molar-refractivity contribution in [1.29, 1.82) is 0 Å². The zero-order valence-corrected chi connectivity index (χ0v) is 15.7. The summed E-state index contributed by atoms with van der Waals surface area (Å²) in [5.74, 6) is 1.65. The van der Waals surface area contributed by atoms with Crippen LogP contribution in [-0.4, -0.2) is 29.4 Å². The number of hydrogen-bond acceptors (Lipinski definition) is 3. The summed E-state index contributed by atoms with van der Waals surface area (Å²) in [4.78, 5) is 0. The summed E-state index contributed by atoms with van der Waals surface area (Å²) in [5, 5.41) is 23.0. The van der Waals surface area contributed by atoms with E-state index in [1.807, 2.05) is 19.2 Å². The molecular formula is C21H35NO2. The lowest BCUT2D eigenvalue weighted by Crippen LogP contribution is -2.39. The van der Waals surface area contributed by atoms with Crippen molar-refractivity contribution in [3.63, 3.8) is 0 Å². The average molecular weight is 334 g/mol. The van der Waals surface area contributed by atoms with Crippen LogP contribution >= 0.6 is 0 Å². The predicted octanol–water partition coefficient (Wildman–Crippen LogP) is 4.29. The third-order valence-corrected chi connectivity index (χ3v) is 4.79. The van der Waals surface area contributed by atoms with Gasteiger partial charge in [0.15, 0.2) is 0 Å². The van der Waals surface area contributed by atoms with Gasteiger partial charge in [-0.25, -0.2) is 0 Å². The zero-order valence-electron chi connectivity index (χ0n) is 15.7. The summed E-state index contributed by atoms with van der Waals surface area (Å²) >= 11 is 0. The third kappa shape index (κ3) is 7.98. The van der Waals surface area contributed by atoms with Crippen LogP contribution in [0.3, 0.4) is 0 Å². The fraction of sp³-hybridized carbons (Fsp3) is 0.619. The number of nitrogens with one attached hydrogen (secondary N) is 1. The van der Waals surface area contributed by atoms with Gasteiger partial charge in [0.05, 0.1) is 6.10 Å². The first-order valence-electron chi connectivity index (χ1n) is 9.26. The van der Waals surface area contributed by atoms with Gasteiger partial charge in [0.25, 0.3) is 0 Å². The number of likely N-dealkylation sites (N-methyl/N-ethyl adjacent to an activating group) is 1. The molecule has 0 heterocycles. The Kier molecular flexibility index (Phi) is 9.73. The second kappa shape index (κ2) is 11.3. The highest BCUT2D eigenvalue weighted by Crippen LogP contribution is 2.17. The van der Waals surface area contributed by atoms with Gasteiger partial charge in [0, 0.05) is 6.04 Å². The molecule has 0 fully saturated rings. The monoisotopic (exact) mass is 333 g/mol. The van der Waals surface area contributed by atoms with Crippen LogP contribution in [0.25, 0.3) is 0 Å². The Morgan fingerprint density at radius 1 is 1.17 bits per heavy atom. The number of aromatic hydroxyl groups is 1. The molecule has 0 aliphatic carbocycles. The molecule has 3 N–H and O–H groups in total. The van der Waals surface area contributed by atoms with Gasteiger partial charge >= 0.3 is 0 Å². The summed E-state index contributed by atoms with van der Waals surface area (Å²) < 4.78 is 0. The Balaban J connectivity index is 2.38. The Morgan fingerprint density at radius 3 is 2.42 bits per heavy atom. The van der Waals surface area contributed by atoms with Crippen molar-refractivity contribution in [2.75, 3.05) is 7.05 Å². The van der Waals surface area contributed by atoms with Crippen molar-refractivity contribution in [1.82, 2.24) is 5.32 Å². The lowest BCUT2D eigenvalue weighted by molar-refractivity contribution is 0.122. The highest BCUT2D eigenvalue weighted by atomic mass is 16.3. The van der Waals surface area contributed by atoms with Crippen LogP contribution < -0.4 is 5.32 Å². The van der Waals surface area contributed by atoms with E-state index in [1.54, 1.807) is 12.1 Å². The van der Waals surface area contributed by atoms with Crippen molar-refractivity contribution >= 4 is 0 Å². The van der Waals surface area contributed by atoms with E-state index in [9.17, 15) is 10.2 Å². The molecule has 0 saturated heterocycles. The maximum Gasteiger partial charge on any atom is 0.115 e. The first-order valence-corrected chi connectivity index (χ1v) is 9.26. The van der Waals surface area contributed by atoms with Crippen LogP contribution in [0, 0.1) is 11.8 Å². The summed E-state index contributed by atoms with van der Waals surface area (Å²) in [6.07, 6.45) is 9.00. The van der Waals surface area contributed by atoms with Crippen LogP contribution in [0.4, 0.5) is 0 Å². The predicted molar refractivity (Wildman–Crippen MR) is 102 cm³/mol. The van der Waals surface area contributed by atoms with E-state index in [0.717, 1.165) is 30.7 Å². The zero-order chi connectivity index (χ0) is 17.9. The van der Waals surface area contributed by atoms with Gasteiger partial charge in [-0.05, 0) is 62.3 Å². The molecule has 1 rings (SSSR count). The first-order chi connectivity index (χ1) is 11.5. The van der Waals surface area contributed by atoms with Gasteiger partial charge in [-0.15, -0.1) is 0 Å². The lowest BCUT2D eigenvalue weighted by Gasteiger charge is -2.22. The Hall–Kier alpha value is -1.32. The minimum Gasteiger partial charge on any atom is -0.508 e. The van der Waals surface area contributed by atoms with Gasteiger partial charge in [-0.1, -0.05) is 51.5 Å². The molecule has 0 saturated carbocycles. The third-order valence-electron chi connectivity index (χ3n) is 4.79. The Bertz CT molecular complexity index is 469. The van der Waals surface area contributed by atoms with Crippen molar-refractivity contribution in [2.45, 2.75) is 65.0 Å². The lowest BCUT2D eigenvalue weighted by atomic mass is 9.94. The number of allylic oxidation sites excluding steroid dienone is 2. The molecule has 1 aromatic rings. The number of phenolic OH excluding ortho intramolecular Hbond substituents is 1. The average Bonchev–Trinajstić information content (AvgIpc) is 2.57. The molecule has 1 aromatic carbocycles. The van der Waals surface area contributed by atoms with Crippen molar-refractivity contribution in [3.8, 4) is 5.75 Å². The Labute approximate surface area is 147 Å². The molecule has 0 spiro atoms. The molecule has 0 radical (unpaired) electrons. The molecule has 0 aliphatic rings. The Morgan fingerprint density at radius 2 is 1.83 bits per heavy atom. The van der Waals surface area contributed by atoms with Crippen molar-refractivity contribution in [3.05, 3.63) is 42.0 Å². The maximum atomic E-state index is 10.4. The van der Waals surface area contributed by atoms with E-state index in [0.29, 0.717) is 5.92 Å². The molecule has 0 aliphatic heterocycles. The minimum absolute atomic E-state index is 0.0282. The fourth-order valence-electron chi connectivity index (χ4n) is 2.99. The van der Waals surface area contributed by atoms with Gasteiger partial charge < -0.3 is 15.5 Å². The number of aliphatic hydroxyl groups is 1. The molecule has 3 nitrogen and oxygen atoms in total. The number of benzene rings is 1. The highest BCUT2D eigenvalue weighted by Gasteiger charge is 2.17. The van der Waals surface area contributed by atoms with Crippen LogP contribution in [-0.2, 0) is 6.42 Å². The van der Waals surface area contributed by atoms with Gasteiger partial charge in [0.2, 0.25) is 0 Å².